The number of pyridine rings is 1. The molecular weight excluding hydrogens is 291 g/mol. The number of hydrogen-bond donors (Lipinski definition) is 0. The van der Waals surface area contributed by atoms with E-state index in [1.807, 2.05) is 37.3 Å². The van der Waals surface area contributed by atoms with Crippen LogP contribution in [0.2, 0.25) is 0 Å². The average molecular weight is 308 g/mol. The van der Waals surface area contributed by atoms with E-state index in [0.29, 0.717) is 5.69 Å². The first-order valence-corrected chi connectivity index (χ1v) is 7.44. The Morgan fingerprint density at radius 2 is 1.74 bits per heavy atom. The summed E-state index contributed by atoms with van der Waals surface area (Å²) in [5, 5.41) is 0.998. The number of nitrogens with zero attached hydrogens (tertiary/aromatic N) is 2. The van der Waals surface area contributed by atoms with Gasteiger partial charge in [0, 0.05) is 12.4 Å². The van der Waals surface area contributed by atoms with Crippen LogP contribution in [0.3, 0.4) is 0 Å². The highest BCUT2D eigenvalue weighted by Crippen LogP contribution is 2.21. The summed E-state index contributed by atoms with van der Waals surface area (Å²) < 4.78 is 13.0. The van der Waals surface area contributed by atoms with Crippen LogP contribution in [-0.4, -0.2) is 22.8 Å². The lowest BCUT2D eigenvalue weighted by Crippen LogP contribution is -2.30. The number of halogens is 1. The maximum Gasteiger partial charge on any atom is 0.272 e. The zero-order valence-electron chi connectivity index (χ0n) is 13.0. The van der Waals surface area contributed by atoms with Crippen molar-refractivity contribution >= 4 is 16.8 Å². The second kappa shape index (κ2) is 6.16. The van der Waals surface area contributed by atoms with Gasteiger partial charge in [0.15, 0.2) is 0 Å². The summed E-state index contributed by atoms with van der Waals surface area (Å²) in [4.78, 5) is 18.7. The Morgan fingerprint density at radius 1 is 1.04 bits per heavy atom. The van der Waals surface area contributed by atoms with E-state index in [0.717, 1.165) is 16.5 Å². The minimum absolute atomic E-state index is 0.160. The predicted molar refractivity (Wildman–Crippen MR) is 88.7 cm³/mol. The van der Waals surface area contributed by atoms with Gasteiger partial charge in [0.05, 0.1) is 11.6 Å². The summed E-state index contributed by atoms with van der Waals surface area (Å²) in [7, 11) is 1.73. The molecule has 3 aromatic rings. The number of fused-ring (bicyclic) bond motifs is 1. The molecule has 2 aromatic carbocycles. The summed E-state index contributed by atoms with van der Waals surface area (Å²) in [6.45, 7) is 1.91. The van der Waals surface area contributed by atoms with Crippen molar-refractivity contribution in [3.63, 3.8) is 0 Å². The van der Waals surface area contributed by atoms with Crippen LogP contribution >= 0.6 is 0 Å². The average Bonchev–Trinajstić information content (AvgIpc) is 2.60. The molecule has 0 radical (unpaired) electrons. The van der Waals surface area contributed by atoms with Crippen molar-refractivity contribution in [2.45, 2.75) is 13.0 Å². The first-order valence-electron chi connectivity index (χ1n) is 7.44. The van der Waals surface area contributed by atoms with E-state index in [4.69, 9.17) is 0 Å². The highest BCUT2D eigenvalue weighted by Gasteiger charge is 2.20. The van der Waals surface area contributed by atoms with Crippen molar-refractivity contribution in [3.8, 4) is 0 Å². The fourth-order valence-electron chi connectivity index (χ4n) is 2.51. The Labute approximate surface area is 134 Å². The predicted octanol–water partition coefficient (Wildman–Crippen LogP) is 4.21. The maximum atomic E-state index is 13.0. The summed E-state index contributed by atoms with van der Waals surface area (Å²) in [6.07, 6.45) is 0. The molecule has 0 N–H and O–H groups in total. The highest BCUT2D eigenvalue weighted by atomic mass is 19.1. The molecule has 0 saturated heterocycles. The van der Waals surface area contributed by atoms with Crippen molar-refractivity contribution in [3.05, 3.63) is 77.7 Å². The van der Waals surface area contributed by atoms with Crippen LogP contribution in [0.4, 0.5) is 4.39 Å². The molecule has 1 atom stereocenters. The van der Waals surface area contributed by atoms with Crippen molar-refractivity contribution in [1.82, 2.24) is 9.88 Å². The molecule has 0 spiro atoms. The van der Waals surface area contributed by atoms with E-state index in [-0.39, 0.29) is 17.8 Å². The summed E-state index contributed by atoms with van der Waals surface area (Å²) in [5.74, 6) is -0.446. The summed E-state index contributed by atoms with van der Waals surface area (Å²) >= 11 is 0. The number of carbonyl (C=O) groups excluding carboxylic acids is 1. The van der Waals surface area contributed by atoms with Gasteiger partial charge in [-0.05, 0) is 36.8 Å². The van der Waals surface area contributed by atoms with E-state index >= 15 is 0 Å². The second-order valence-corrected chi connectivity index (χ2v) is 5.53. The molecule has 0 bridgehead atoms. The number of amides is 1. The zero-order chi connectivity index (χ0) is 16.4. The quantitative estimate of drug-likeness (QED) is 0.726. The lowest BCUT2D eigenvalue weighted by atomic mass is 10.1. The van der Waals surface area contributed by atoms with Crippen LogP contribution in [0.15, 0.2) is 60.7 Å². The third-order valence-corrected chi connectivity index (χ3v) is 4.07. The van der Waals surface area contributed by atoms with Crippen LogP contribution in [0.1, 0.15) is 29.0 Å². The van der Waals surface area contributed by atoms with Crippen LogP contribution in [0.25, 0.3) is 10.9 Å². The Balaban J connectivity index is 1.86. The number of benzene rings is 2. The topological polar surface area (TPSA) is 33.2 Å². The monoisotopic (exact) mass is 308 g/mol. The number of aromatic nitrogens is 1. The number of para-hydroxylation sites is 1. The molecule has 3 rings (SSSR count). The molecule has 23 heavy (non-hydrogen) atoms. The van der Waals surface area contributed by atoms with Gasteiger partial charge in [-0.1, -0.05) is 36.4 Å². The van der Waals surface area contributed by atoms with Gasteiger partial charge < -0.3 is 4.90 Å². The lowest BCUT2D eigenvalue weighted by Gasteiger charge is -2.25. The Morgan fingerprint density at radius 3 is 2.48 bits per heavy atom. The third-order valence-electron chi connectivity index (χ3n) is 4.07. The molecular formula is C19H17FN2O. The summed E-state index contributed by atoms with van der Waals surface area (Å²) in [6, 6.07) is 17.3. The van der Waals surface area contributed by atoms with Crippen molar-refractivity contribution < 1.29 is 9.18 Å². The highest BCUT2D eigenvalue weighted by molar-refractivity contribution is 5.95. The van der Waals surface area contributed by atoms with Crippen molar-refractivity contribution in [2.24, 2.45) is 0 Å². The largest absolute Gasteiger partial charge is 0.334 e. The minimum Gasteiger partial charge on any atom is -0.334 e. The fourth-order valence-corrected chi connectivity index (χ4v) is 2.51. The molecule has 3 nitrogen and oxygen atoms in total. The van der Waals surface area contributed by atoms with Gasteiger partial charge in [0.25, 0.3) is 5.91 Å². The van der Waals surface area contributed by atoms with E-state index in [1.165, 1.54) is 12.1 Å². The molecule has 1 amide bonds. The Hall–Kier alpha value is -2.75. The van der Waals surface area contributed by atoms with Crippen molar-refractivity contribution in [1.29, 1.82) is 0 Å². The minimum atomic E-state index is -0.286. The summed E-state index contributed by atoms with van der Waals surface area (Å²) in [5.41, 5.74) is 2.07. The Kier molecular flexibility index (Phi) is 4.06. The van der Waals surface area contributed by atoms with Crippen LogP contribution in [0.5, 0.6) is 0 Å². The molecule has 0 fully saturated rings. The van der Waals surface area contributed by atoms with Gasteiger partial charge in [0.2, 0.25) is 0 Å². The van der Waals surface area contributed by atoms with E-state index in [1.54, 1.807) is 30.1 Å². The smallest absolute Gasteiger partial charge is 0.272 e. The third kappa shape index (κ3) is 3.06. The number of carbonyl (C=O) groups is 1. The molecule has 1 heterocycles. The van der Waals surface area contributed by atoms with Crippen LogP contribution < -0.4 is 0 Å². The van der Waals surface area contributed by atoms with Gasteiger partial charge in [-0.2, -0.15) is 0 Å². The van der Waals surface area contributed by atoms with Gasteiger partial charge in [-0.3, -0.25) is 4.79 Å². The van der Waals surface area contributed by atoms with E-state index < -0.39 is 0 Å². The van der Waals surface area contributed by atoms with Gasteiger partial charge in [-0.15, -0.1) is 0 Å². The fraction of sp³-hybridized carbons (Fsp3) is 0.158. The normalized spacial score (nSPS) is 12.1. The standard InChI is InChI=1S/C19H17FN2O/c1-13(14-7-10-16(20)11-8-14)22(2)19(23)18-12-9-15-5-3-4-6-17(15)21-18/h3-13H,1-2H3. The van der Waals surface area contributed by atoms with Gasteiger partial charge >= 0.3 is 0 Å². The SMILES string of the molecule is CC(c1ccc(F)cc1)N(C)C(=O)c1ccc2ccccc2n1. The Bertz CT molecular complexity index is 845. The first kappa shape index (κ1) is 15.2. The molecule has 1 aromatic heterocycles. The van der Waals surface area contributed by atoms with E-state index in [9.17, 15) is 9.18 Å². The first-order chi connectivity index (χ1) is 11.1. The lowest BCUT2D eigenvalue weighted by molar-refractivity contribution is 0.0737. The molecule has 116 valence electrons. The number of rotatable bonds is 3. The maximum absolute atomic E-state index is 13.0. The van der Waals surface area contributed by atoms with Crippen LogP contribution in [0, 0.1) is 5.82 Å². The molecule has 4 heteroatoms. The molecule has 0 aliphatic heterocycles. The number of hydrogen-bond acceptors (Lipinski definition) is 2. The van der Waals surface area contributed by atoms with Gasteiger partial charge in [-0.25, -0.2) is 9.37 Å². The molecule has 0 aliphatic carbocycles. The van der Waals surface area contributed by atoms with Crippen LogP contribution in [-0.2, 0) is 0 Å². The van der Waals surface area contributed by atoms with E-state index in [2.05, 4.69) is 4.98 Å². The molecule has 1 unspecified atom stereocenters. The van der Waals surface area contributed by atoms with Crippen molar-refractivity contribution in [2.75, 3.05) is 7.05 Å². The van der Waals surface area contributed by atoms with Gasteiger partial charge in [0.1, 0.15) is 11.5 Å². The second-order valence-electron chi connectivity index (χ2n) is 5.53. The molecule has 0 aliphatic rings. The molecule has 0 saturated carbocycles. The zero-order valence-corrected chi connectivity index (χ0v) is 13.0.